The van der Waals surface area contributed by atoms with Gasteiger partial charge in [0.05, 0.1) is 5.69 Å². The van der Waals surface area contributed by atoms with E-state index in [9.17, 15) is 0 Å². The third-order valence-electron chi connectivity index (χ3n) is 4.41. The molecule has 4 heteroatoms. The summed E-state index contributed by atoms with van der Waals surface area (Å²) in [5.74, 6) is 0.716. The van der Waals surface area contributed by atoms with Gasteiger partial charge in [0.25, 0.3) is 0 Å². The Hall–Kier alpha value is -2.73. The fourth-order valence-corrected chi connectivity index (χ4v) is 3.78. The highest BCUT2D eigenvalue weighted by atomic mass is 127. The van der Waals surface area contributed by atoms with Crippen LogP contribution in [0.1, 0.15) is 0 Å². The first-order valence-electron chi connectivity index (χ1n) is 8.30. The molecule has 0 bridgehead atoms. The summed E-state index contributed by atoms with van der Waals surface area (Å²) in [6, 6.07) is 26.3. The van der Waals surface area contributed by atoms with Gasteiger partial charge in [0.2, 0.25) is 0 Å². The predicted octanol–water partition coefficient (Wildman–Crippen LogP) is 6.31. The Bertz CT molecular complexity index is 1250. The number of aromatic nitrogens is 2. The Labute approximate surface area is 163 Å². The maximum absolute atomic E-state index is 6.00. The summed E-state index contributed by atoms with van der Waals surface area (Å²) in [6.45, 7) is 0. The van der Waals surface area contributed by atoms with Crippen molar-refractivity contribution in [2.75, 3.05) is 0 Å². The van der Waals surface area contributed by atoms with E-state index >= 15 is 0 Å². The molecular formula is C22H13IN2O. The fraction of sp³-hybridized carbons (Fsp3) is 0. The van der Waals surface area contributed by atoms with Gasteiger partial charge in [0, 0.05) is 21.9 Å². The van der Waals surface area contributed by atoms with Crippen molar-refractivity contribution >= 4 is 44.5 Å². The SMILES string of the molecule is Ic1cc(-c2ccccc2)nc(-c2cccc3oc4ccccc4c23)n1. The first-order chi connectivity index (χ1) is 12.8. The molecule has 0 spiro atoms. The van der Waals surface area contributed by atoms with E-state index in [2.05, 4.69) is 46.9 Å². The van der Waals surface area contributed by atoms with E-state index in [4.69, 9.17) is 14.4 Å². The zero-order valence-corrected chi connectivity index (χ0v) is 15.8. The number of rotatable bonds is 2. The largest absolute Gasteiger partial charge is 0.456 e. The number of hydrogen-bond donors (Lipinski definition) is 0. The monoisotopic (exact) mass is 448 g/mol. The van der Waals surface area contributed by atoms with Crippen molar-refractivity contribution in [2.24, 2.45) is 0 Å². The van der Waals surface area contributed by atoms with Crippen molar-refractivity contribution in [3.05, 3.63) is 82.6 Å². The number of nitrogens with zero attached hydrogens (tertiary/aromatic N) is 2. The molecule has 0 atom stereocenters. The minimum absolute atomic E-state index is 0.716. The first kappa shape index (κ1) is 15.5. The lowest BCUT2D eigenvalue weighted by atomic mass is 10.1. The summed E-state index contributed by atoms with van der Waals surface area (Å²) in [7, 11) is 0. The highest BCUT2D eigenvalue weighted by Gasteiger charge is 2.15. The van der Waals surface area contributed by atoms with Crippen LogP contribution in [0.25, 0.3) is 44.6 Å². The normalized spacial score (nSPS) is 11.3. The number of hydrogen-bond acceptors (Lipinski definition) is 3. The van der Waals surface area contributed by atoms with E-state index in [1.54, 1.807) is 0 Å². The molecule has 2 heterocycles. The molecule has 3 nitrogen and oxygen atoms in total. The molecule has 2 aromatic heterocycles. The van der Waals surface area contributed by atoms with Gasteiger partial charge in [-0.05, 0) is 40.8 Å². The van der Waals surface area contributed by atoms with Crippen molar-refractivity contribution in [3.8, 4) is 22.6 Å². The van der Waals surface area contributed by atoms with Crippen LogP contribution in [0.3, 0.4) is 0 Å². The maximum Gasteiger partial charge on any atom is 0.161 e. The molecule has 0 fully saturated rings. The number of furan rings is 1. The van der Waals surface area contributed by atoms with Crippen molar-refractivity contribution < 1.29 is 4.42 Å². The molecule has 0 saturated heterocycles. The highest BCUT2D eigenvalue weighted by molar-refractivity contribution is 14.1. The third-order valence-corrected chi connectivity index (χ3v) is 4.96. The molecule has 5 rings (SSSR count). The van der Waals surface area contributed by atoms with Gasteiger partial charge in [-0.25, -0.2) is 9.97 Å². The molecule has 3 aromatic carbocycles. The molecular weight excluding hydrogens is 435 g/mol. The van der Waals surface area contributed by atoms with E-state index in [0.717, 1.165) is 42.5 Å². The van der Waals surface area contributed by atoms with Crippen LogP contribution < -0.4 is 0 Å². The van der Waals surface area contributed by atoms with Crippen LogP contribution in [0.5, 0.6) is 0 Å². The smallest absolute Gasteiger partial charge is 0.161 e. The van der Waals surface area contributed by atoms with Gasteiger partial charge in [0.1, 0.15) is 14.9 Å². The summed E-state index contributed by atoms with van der Waals surface area (Å²) in [6.07, 6.45) is 0. The minimum Gasteiger partial charge on any atom is -0.456 e. The Balaban J connectivity index is 1.80. The standard InChI is InChI=1S/C22H13IN2O/c23-20-13-17(14-7-2-1-3-8-14)24-22(25-20)16-10-6-12-19-21(16)15-9-4-5-11-18(15)26-19/h1-13H. The van der Waals surface area contributed by atoms with Gasteiger partial charge in [0.15, 0.2) is 5.82 Å². The van der Waals surface area contributed by atoms with Crippen molar-refractivity contribution in [3.63, 3.8) is 0 Å². The molecule has 0 radical (unpaired) electrons. The lowest BCUT2D eigenvalue weighted by Crippen LogP contribution is -1.95. The number of fused-ring (bicyclic) bond motifs is 3. The van der Waals surface area contributed by atoms with Gasteiger partial charge in [-0.15, -0.1) is 0 Å². The Morgan fingerprint density at radius 1 is 0.731 bits per heavy atom. The van der Waals surface area contributed by atoms with E-state index in [1.165, 1.54) is 0 Å². The quantitative estimate of drug-likeness (QED) is 0.235. The van der Waals surface area contributed by atoms with E-state index in [1.807, 2.05) is 54.6 Å². The number of benzene rings is 3. The van der Waals surface area contributed by atoms with Gasteiger partial charge < -0.3 is 4.42 Å². The molecule has 0 amide bonds. The molecule has 0 saturated carbocycles. The summed E-state index contributed by atoms with van der Waals surface area (Å²) in [4.78, 5) is 9.55. The van der Waals surface area contributed by atoms with Crippen LogP contribution in [-0.4, -0.2) is 9.97 Å². The highest BCUT2D eigenvalue weighted by Crippen LogP contribution is 2.35. The van der Waals surface area contributed by atoms with Crippen LogP contribution in [0, 0.1) is 3.70 Å². The lowest BCUT2D eigenvalue weighted by molar-refractivity contribution is 0.669. The molecule has 0 N–H and O–H groups in total. The summed E-state index contributed by atoms with van der Waals surface area (Å²) in [5.41, 5.74) is 4.72. The average Bonchev–Trinajstić information content (AvgIpc) is 3.07. The number of halogens is 1. The Morgan fingerprint density at radius 2 is 1.50 bits per heavy atom. The van der Waals surface area contributed by atoms with Gasteiger partial charge in [-0.3, -0.25) is 0 Å². The molecule has 0 aliphatic heterocycles. The topological polar surface area (TPSA) is 38.9 Å². The molecule has 124 valence electrons. The molecule has 26 heavy (non-hydrogen) atoms. The van der Waals surface area contributed by atoms with Crippen molar-refractivity contribution in [1.82, 2.24) is 9.97 Å². The first-order valence-corrected chi connectivity index (χ1v) is 9.38. The maximum atomic E-state index is 6.00. The van der Waals surface area contributed by atoms with Crippen LogP contribution in [0.2, 0.25) is 0 Å². The predicted molar refractivity (Wildman–Crippen MR) is 113 cm³/mol. The minimum atomic E-state index is 0.716. The third kappa shape index (κ3) is 2.57. The van der Waals surface area contributed by atoms with Gasteiger partial charge >= 0.3 is 0 Å². The fourth-order valence-electron chi connectivity index (χ4n) is 3.26. The summed E-state index contributed by atoms with van der Waals surface area (Å²) >= 11 is 2.25. The second-order valence-electron chi connectivity index (χ2n) is 6.04. The van der Waals surface area contributed by atoms with Crippen LogP contribution >= 0.6 is 22.6 Å². The zero-order valence-electron chi connectivity index (χ0n) is 13.7. The molecule has 5 aromatic rings. The second-order valence-corrected chi connectivity index (χ2v) is 7.15. The van der Waals surface area contributed by atoms with E-state index in [0.29, 0.717) is 5.82 Å². The van der Waals surface area contributed by atoms with Crippen LogP contribution in [0.15, 0.2) is 83.3 Å². The van der Waals surface area contributed by atoms with Gasteiger partial charge in [-0.1, -0.05) is 60.7 Å². The second kappa shape index (κ2) is 6.21. The molecule has 0 unspecified atom stereocenters. The zero-order chi connectivity index (χ0) is 17.5. The molecule has 0 aliphatic carbocycles. The van der Waals surface area contributed by atoms with Gasteiger partial charge in [-0.2, -0.15) is 0 Å². The van der Waals surface area contributed by atoms with Crippen LogP contribution in [-0.2, 0) is 0 Å². The Morgan fingerprint density at radius 3 is 2.38 bits per heavy atom. The number of para-hydroxylation sites is 1. The van der Waals surface area contributed by atoms with E-state index in [-0.39, 0.29) is 0 Å². The van der Waals surface area contributed by atoms with Crippen molar-refractivity contribution in [1.29, 1.82) is 0 Å². The summed E-state index contributed by atoms with van der Waals surface area (Å²) in [5, 5.41) is 2.14. The van der Waals surface area contributed by atoms with Crippen LogP contribution in [0.4, 0.5) is 0 Å². The molecule has 0 aliphatic rings. The average molecular weight is 448 g/mol. The summed E-state index contributed by atoms with van der Waals surface area (Å²) < 4.78 is 6.92. The van der Waals surface area contributed by atoms with E-state index < -0.39 is 0 Å². The van der Waals surface area contributed by atoms with Crippen molar-refractivity contribution in [2.45, 2.75) is 0 Å². The Kier molecular flexibility index (Phi) is 3.71. The lowest BCUT2D eigenvalue weighted by Gasteiger charge is -2.07.